The van der Waals surface area contributed by atoms with Crippen LogP contribution in [0.3, 0.4) is 0 Å². The van der Waals surface area contributed by atoms with Gasteiger partial charge < -0.3 is 24.2 Å². The lowest BCUT2D eigenvalue weighted by Gasteiger charge is -2.27. The van der Waals surface area contributed by atoms with Crippen molar-refractivity contribution >= 4 is 11.8 Å². The minimum absolute atomic E-state index is 0.0685. The van der Waals surface area contributed by atoms with E-state index < -0.39 is 0 Å². The van der Waals surface area contributed by atoms with Crippen LogP contribution in [0.15, 0.2) is 34.9 Å². The second kappa shape index (κ2) is 11.3. The molecule has 178 valence electrons. The molecule has 1 saturated carbocycles. The van der Waals surface area contributed by atoms with Crippen LogP contribution in [0.4, 0.5) is 0 Å². The molecule has 0 radical (unpaired) electrons. The molecule has 1 saturated heterocycles. The van der Waals surface area contributed by atoms with Crippen molar-refractivity contribution in [1.29, 1.82) is 0 Å². The third-order valence-corrected chi connectivity index (χ3v) is 6.46. The number of aromatic nitrogens is 1. The first-order chi connectivity index (χ1) is 16.1. The highest BCUT2D eigenvalue weighted by atomic mass is 16.5. The Labute approximate surface area is 194 Å². The largest absolute Gasteiger partial charge is 0.497 e. The molecule has 1 N–H and O–H groups in total. The third kappa shape index (κ3) is 6.35. The second-order valence-electron chi connectivity index (χ2n) is 8.87. The second-order valence-corrected chi connectivity index (χ2v) is 8.87. The van der Waals surface area contributed by atoms with Crippen LogP contribution in [-0.4, -0.2) is 54.8 Å². The molecule has 1 atom stereocenters. The van der Waals surface area contributed by atoms with Crippen LogP contribution in [0, 0.1) is 5.92 Å². The Morgan fingerprint density at radius 1 is 1.15 bits per heavy atom. The molecule has 2 fully saturated rings. The first-order valence-corrected chi connectivity index (χ1v) is 11.9. The first-order valence-electron chi connectivity index (χ1n) is 11.9. The Morgan fingerprint density at radius 3 is 2.64 bits per heavy atom. The summed E-state index contributed by atoms with van der Waals surface area (Å²) in [5.41, 5.74) is 1.33. The number of ether oxygens (including phenoxy) is 2. The van der Waals surface area contributed by atoms with E-state index in [9.17, 15) is 9.59 Å². The molecule has 8 nitrogen and oxygen atoms in total. The SMILES string of the molecule is COc1ccc(CCNC(=O)c2cc(CN(CC3CCCO3)C(=O)C3CCCC3)on2)cc1. The Morgan fingerprint density at radius 2 is 1.94 bits per heavy atom. The van der Waals surface area contributed by atoms with Crippen molar-refractivity contribution in [3.63, 3.8) is 0 Å². The van der Waals surface area contributed by atoms with Gasteiger partial charge in [0.2, 0.25) is 5.91 Å². The van der Waals surface area contributed by atoms with Gasteiger partial charge >= 0.3 is 0 Å². The van der Waals surface area contributed by atoms with Crippen LogP contribution >= 0.6 is 0 Å². The zero-order valence-corrected chi connectivity index (χ0v) is 19.3. The summed E-state index contributed by atoms with van der Waals surface area (Å²) >= 11 is 0. The van der Waals surface area contributed by atoms with Gasteiger partial charge in [-0.25, -0.2) is 0 Å². The van der Waals surface area contributed by atoms with E-state index in [2.05, 4.69) is 10.5 Å². The molecule has 1 aliphatic heterocycles. The van der Waals surface area contributed by atoms with Crippen LogP contribution < -0.4 is 10.1 Å². The molecule has 4 rings (SSSR count). The van der Waals surface area contributed by atoms with Gasteiger partial charge in [-0.3, -0.25) is 9.59 Å². The summed E-state index contributed by atoms with van der Waals surface area (Å²) in [6.07, 6.45) is 6.86. The summed E-state index contributed by atoms with van der Waals surface area (Å²) < 4.78 is 16.3. The standard InChI is InChI=1S/C25H33N3O5/c1-31-20-10-8-18(9-11-20)12-13-26-24(29)23-15-22(33-27-23)17-28(16-21-7-4-14-32-21)25(30)19-5-2-3-6-19/h8-11,15,19,21H,2-7,12-14,16-17H2,1H3,(H,26,29). The highest BCUT2D eigenvalue weighted by molar-refractivity contribution is 5.92. The lowest BCUT2D eigenvalue weighted by Crippen LogP contribution is -2.39. The van der Waals surface area contributed by atoms with Crippen LogP contribution in [0.2, 0.25) is 0 Å². The number of nitrogens with zero attached hydrogens (tertiary/aromatic N) is 2. The van der Waals surface area contributed by atoms with Crippen molar-refractivity contribution in [1.82, 2.24) is 15.4 Å². The summed E-state index contributed by atoms with van der Waals surface area (Å²) in [6.45, 7) is 2.10. The number of methoxy groups -OCH3 is 1. The number of amides is 2. The molecule has 2 heterocycles. The molecule has 2 aliphatic rings. The number of rotatable bonds is 10. The van der Waals surface area contributed by atoms with Crippen molar-refractivity contribution in [3.8, 4) is 5.75 Å². The smallest absolute Gasteiger partial charge is 0.273 e. The zero-order chi connectivity index (χ0) is 23.0. The van der Waals surface area contributed by atoms with Gasteiger partial charge in [0.05, 0.1) is 19.8 Å². The summed E-state index contributed by atoms with van der Waals surface area (Å²) in [4.78, 5) is 27.4. The summed E-state index contributed by atoms with van der Waals surface area (Å²) in [7, 11) is 1.63. The molecule has 1 aromatic carbocycles. The van der Waals surface area contributed by atoms with Gasteiger partial charge in [0.25, 0.3) is 5.91 Å². The van der Waals surface area contributed by atoms with Crippen LogP contribution in [-0.2, 0) is 22.5 Å². The average molecular weight is 456 g/mol. The van der Waals surface area contributed by atoms with Crippen molar-refractivity contribution in [2.75, 3.05) is 26.8 Å². The van der Waals surface area contributed by atoms with Gasteiger partial charge in [0.1, 0.15) is 5.75 Å². The minimum atomic E-state index is -0.286. The Kier molecular flexibility index (Phi) is 7.99. The molecule has 0 spiro atoms. The fourth-order valence-electron chi connectivity index (χ4n) is 4.58. The highest BCUT2D eigenvalue weighted by Crippen LogP contribution is 2.28. The molecule has 1 aromatic heterocycles. The van der Waals surface area contributed by atoms with Gasteiger partial charge in [-0.1, -0.05) is 30.1 Å². The van der Waals surface area contributed by atoms with Gasteiger partial charge in [-0.2, -0.15) is 0 Å². The molecule has 1 aliphatic carbocycles. The van der Waals surface area contributed by atoms with Crippen molar-refractivity contribution in [2.24, 2.45) is 5.92 Å². The molecule has 8 heteroatoms. The van der Waals surface area contributed by atoms with Crippen molar-refractivity contribution in [2.45, 2.75) is 57.6 Å². The van der Waals surface area contributed by atoms with E-state index in [1.807, 2.05) is 29.2 Å². The normalized spacial score (nSPS) is 18.4. The lowest BCUT2D eigenvalue weighted by molar-refractivity contribution is -0.138. The maximum atomic E-state index is 13.1. The monoisotopic (exact) mass is 455 g/mol. The van der Waals surface area contributed by atoms with Gasteiger partial charge in [-0.05, 0) is 49.8 Å². The molecule has 2 amide bonds. The molecule has 0 bridgehead atoms. The Balaban J connectivity index is 1.31. The van der Waals surface area contributed by atoms with E-state index in [1.54, 1.807) is 13.2 Å². The topological polar surface area (TPSA) is 93.9 Å². The van der Waals surface area contributed by atoms with E-state index in [0.717, 1.165) is 56.4 Å². The van der Waals surface area contributed by atoms with E-state index in [0.29, 0.717) is 31.8 Å². The molecule has 2 aromatic rings. The predicted octanol–water partition coefficient (Wildman–Crippen LogP) is 3.35. The van der Waals surface area contributed by atoms with Gasteiger partial charge in [0.15, 0.2) is 11.5 Å². The van der Waals surface area contributed by atoms with Crippen molar-refractivity contribution in [3.05, 3.63) is 47.3 Å². The summed E-state index contributed by atoms with van der Waals surface area (Å²) in [6, 6.07) is 9.38. The summed E-state index contributed by atoms with van der Waals surface area (Å²) in [5, 5.41) is 6.81. The molecule has 33 heavy (non-hydrogen) atoms. The third-order valence-electron chi connectivity index (χ3n) is 6.46. The first kappa shape index (κ1) is 23.3. The maximum absolute atomic E-state index is 13.1. The molecular formula is C25H33N3O5. The number of nitrogens with one attached hydrogen (secondary N) is 1. The average Bonchev–Trinajstić information content (AvgIpc) is 3.62. The zero-order valence-electron chi connectivity index (χ0n) is 19.3. The van der Waals surface area contributed by atoms with Crippen LogP contribution in [0.25, 0.3) is 0 Å². The number of carbonyl (C=O) groups excluding carboxylic acids is 2. The Hall–Kier alpha value is -2.87. The lowest BCUT2D eigenvalue weighted by atomic mass is 10.1. The maximum Gasteiger partial charge on any atom is 0.273 e. The van der Waals surface area contributed by atoms with E-state index in [4.69, 9.17) is 14.0 Å². The molecule has 1 unspecified atom stereocenters. The van der Waals surface area contributed by atoms with E-state index in [-0.39, 0.29) is 29.5 Å². The van der Waals surface area contributed by atoms with Crippen LogP contribution in [0.1, 0.15) is 60.3 Å². The number of hydrogen-bond acceptors (Lipinski definition) is 6. The fraction of sp³-hybridized carbons (Fsp3) is 0.560. The minimum Gasteiger partial charge on any atom is -0.497 e. The predicted molar refractivity (Wildman–Crippen MR) is 122 cm³/mol. The van der Waals surface area contributed by atoms with E-state index >= 15 is 0 Å². The fourth-order valence-corrected chi connectivity index (χ4v) is 4.58. The Bertz CT molecular complexity index is 914. The van der Waals surface area contributed by atoms with Gasteiger partial charge in [0, 0.05) is 31.7 Å². The number of carbonyl (C=O) groups is 2. The summed E-state index contributed by atoms with van der Waals surface area (Å²) in [5.74, 6) is 1.27. The van der Waals surface area contributed by atoms with Crippen LogP contribution in [0.5, 0.6) is 5.75 Å². The highest BCUT2D eigenvalue weighted by Gasteiger charge is 2.30. The van der Waals surface area contributed by atoms with Gasteiger partial charge in [-0.15, -0.1) is 0 Å². The number of benzene rings is 1. The molecular weight excluding hydrogens is 422 g/mol. The van der Waals surface area contributed by atoms with E-state index in [1.165, 1.54) is 0 Å². The quantitative estimate of drug-likeness (QED) is 0.591. The van der Waals surface area contributed by atoms with Crippen molar-refractivity contribution < 1.29 is 23.6 Å². The number of hydrogen-bond donors (Lipinski definition) is 1.